The summed E-state index contributed by atoms with van der Waals surface area (Å²) in [4.78, 5) is 5.06. The molecule has 88 heavy (non-hydrogen) atoms. The number of fused-ring (bicyclic) bond motifs is 20. The molecule has 14 aromatic rings. The Morgan fingerprint density at radius 1 is 0.273 bits per heavy atom. The maximum Gasteiger partial charge on any atom is 0.160 e. The molecule has 0 saturated heterocycles. The molecular weight excluding hydrogens is 1060 g/mol. The molecule has 3 nitrogen and oxygen atoms in total. The van der Waals surface area contributed by atoms with E-state index in [-0.39, 0.29) is 10.8 Å². The fraction of sp³-hybridized carbons (Fsp3) is 0.0824. The van der Waals surface area contributed by atoms with Crippen LogP contribution in [0, 0.1) is 0 Å². The highest BCUT2D eigenvalue weighted by Crippen LogP contribution is 2.67. The van der Waals surface area contributed by atoms with Gasteiger partial charge in [0.25, 0.3) is 0 Å². The average Bonchev–Trinajstić information content (AvgIpc) is 1.50. The van der Waals surface area contributed by atoms with E-state index in [9.17, 15) is 0 Å². The minimum Gasteiger partial charge on any atom is -0.454 e. The maximum atomic E-state index is 7.53. The third-order valence-corrected chi connectivity index (χ3v) is 20.3. The maximum absolute atomic E-state index is 7.53. The van der Waals surface area contributed by atoms with Gasteiger partial charge >= 0.3 is 0 Å². The van der Waals surface area contributed by atoms with Gasteiger partial charge in [0.1, 0.15) is 5.58 Å². The monoisotopic (exact) mass is 1120 g/mol. The van der Waals surface area contributed by atoms with Crippen molar-refractivity contribution in [3.8, 4) is 66.8 Å². The Hall–Kier alpha value is -10.7. The van der Waals surface area contributed by atoms with E-state index in [2.05, 4.69) is 329 Å². The van der Waals surface area contributed by atoms with E-state index in [0.29, 0.717) is 0 Å². The van der Waals surface area contributed by atoms with E-state index in [1.54, 1.807) is 0 Å². The molecule has 0 amide bonds. The molecule has 1 aromatic heterocycles. The van der Waals surface area contributed by atoms with Gasteiger partial charge in [-0.3, -0.25) is 0 Å². The Bertz CT molecular complexity index is 5190. The lowest BCUT2D eigenvalue weighted by atomic mass is 9.70. The second-order valence-electron chi connectivity index (χ2n) is 25.4. The summed E-state index contributed by atoms with van der Waals surface area (Å²) in [5.74, 6) is 0. The Balaban J connectivity index is 0.952. The number of para-hydroxylation sites is 3. The number of nitrogens with zero attached hydrogens (tertiary/aromatic N) is 2. The van der Waals surface area contributed by atoms with E-state index in [1.165, 1.54) is 89.0 Å². The van der Waals surface area contributed by atoms with Crippen molar-refractivity contribution in [1.82, 2.24) is 0 Å². The zero-order chi connectivity index (χ0) is 58.6. The summed E-state index contributed by atoms with van der Waals surface area (Å²) in [5, 5.41) is 2.20. The molecular formula is C85H60N2O. The van der Waals surface area contributed by atoms with Gasteiger partial charge in [-0.1, -0.05) is 258 Å². The molecule has 18 rings (SSSR count). The average molecular weight is 1130 g/mol. The molecule has 0 bridgehead atoms. The first-order valence-electron chi connectivity index (χ1n) is 30.9. The third-order valence-electron chi connectivity index (χ3n) is 20.3. The molecule has 1 heterocycles. The molecule has 0 N–H and O–H groups in total. The van der Waals surface area contributed by atoms with Gasteiger partial charge in [-0.2, -0.15) is 0 Å². The standard InChI is InChI=1S/C85H60N2O/c1-83(2)69-37-19-12-34-63(69)67-49-55(45-48-70(67)83)86(76-40-22-15-29-58(76)53-25-7-5-8-26-53)56-44-47-65-74(51-56)85(71-38-20-13-32-61(71)62-33-14-21-39-72(62)85)75-52-78(82-81(80(65)75)66-35-17-24-42-79(66)88-82)87(77-41-23-16-30-59(77)54-27-9-6-10-28-54)57-43-46-64-60-31-11-18-36-68(60)84(3,4)73(64)50-57/h5-52H,1-4H3. The molecule has 0 saturated carbocycles. The van der Waals surface area contributed by atoms with Crippen molar-refractivity contribution >= 4 is 56.1 Å². The highest BCUT2D eigenvalue weighted by Gasteiger charge is 2.53. The van der Waals surface area contributed by atoms with Crippen molar-refractivity contribution in [3.05, 3.63) is 336 Å². The summed E-state index contributed by atoms with van der Waals surface area (Å²) >= 11 is 0. The highest BCUT2D eigenvalue weighted by atomic mass is 16.3. The predicted octanol–water partition coefficient (Wildman–Crippen LogP) is 22.8. The quantitative estimate of drug-likeness (QED) is 0.151. The van der Waals surface area contributed by atoms with Crippen LogP contribution in [0.25, 0.3) is 88.7 Å². The summed E-state index contributed by atoms with van der Waals surface area (Å²) in [6.45, 7) is 9.50. The number of hydrogen-bond acceptors (Lipinski definition) is 3. The van der Waals surface area contributed by atoms with Gasteiger partial charge in [0.2, 0.25) is 0 Å². The van der Waals surface area contributed by atoms with Gasteiger partial charge in [-0.05, 0) is 161 Å². The third kappa shape index (κ3) is 6.90. The second-order valence-corrected chi connectivity index (χ2v) is 25.4. The molecule has 4 aliphatic carbocycles. The first-order valence-corrected chi connectivity index (χ1v) is 30.9. The van der Waals surface area contributed by atoms with E-state index in [0.717, 1.165) is 78.3 Å². The van der Waals surface area contributed by atoms with Crippen molar-refractivity contribution < 1.29 is 4.42 Å². The molecule has 0 unspecified atom stereocenters. The summed E-state index contributed by atoms with van der Waals surface area (Å²) in [7, 11) is 0. The van der Waals surface area contributed by atoms with Crippen molar-refractivity contribution in [2.45, 2.75) is 43.9 Å². The number of furan rings is 1. The Kier molecular flexibility index (Phi) is 10.7. The predicted molar refractivity (Wildman–Crippen MR) is 365 cm³/mol. The van der Waals surface area contributed by atoms with Crippen LogP contribution < -0.4 is 9.80 Å². The van der Waals surface area contributed by atoms with Gasteiger partial charge < -0.3 is 14.2 Å². The van der Waals surface area contributed by atoms with Crippen LogP contribution in [0.3, 0.4) is 0 Å². The molecule has 0 fully saturated rings. The van der Waals surface area contributed by atoms with E-state index in [4.69, 9.17) is 4.42 Å². The van der Waals surface area contributed by atoms with E-state index >= 15 is 0 Å². The lowest BCUT2D eigenvalue weighted by Crippen LogP contribution is -2.26. The minimum atomic E-state index is -0.771. The summed E-state index contributed by atoms with van der Waals surface area (Å²) in [5.41, 5.74) is 32.0. The van der Waals surface area contributed by atoms with Crippen LogP contribution in [0.15, 0.2) is 296 Å². The first kappa shape index (κ1) is 50.6. The van der Waals surface area contributed by atoms with Gasteiger partial charge in [0.05, 0.1) is 22.5 Å². The summed E-state index contributed by atoms with van der Waals surface area (Å²) in [6.07, 6.45) is 0. The summed E-state index contributed by atoms with van der Waals surface area (Å²) < 4.78 is 7.53. The van der Waals surface area contributed by atoms with E-state index < -0.39 is 5.41 Å². The molecule has 0 atom stereocenters. The van der Waals surface area contributed by atoms with Crippen LogP contribution in [0.5, 0.6) is 0 Å². The lowest BCUT2D eigenvalue weighted by molar-refractivity contribution is 0.660. The fourth-order valence-corrected chi connectivity index (χ4v) is 16.4. The van der Waals surface area contributed by atoms with Gasteiger partial charge in [0.15, 0.2) is 5.58 Å². The zero-order valence-electron chi connectivity index (χ0n) is 49.5. The Labute approximate surface area is 513 Å². The molecule has 0 radical (unpaired) electrons. The Morgan fingerprint density at radius 3 is 1.32 bits per heavy atom. The van der Waals surface area contributed by atoms with Crippen molar-refractivity contribution in [2.24, 2.45) is 0 Å². The normalized spacial score (nSPS) is 14.4. The number of hydrogen-bond donors (Lipinski definition) is 0. The van der Waals surface area contributed by atoms with Gasteiger partial charge in [0, 0.05) is 49.8 Å². The zero-order valence-corrected chi connectivity index (χ0v) is 49.5. The molecule has 13 aromatic carbocycles. The van der Waals surface area contributed by atoms with Gasteiger partial charge in [-0.15, -0.1) is 0 Å². The van der Waals surface area contributed by atoms with Crippen LogP contribution in [0.2, 0.25) is 0 Å². The largest absolute Gasteiger partial charge is 0.454 e. The highest BCUT2D eigenvalue weighted by molar-refractivity contribution is 6.21. The van der Waals surface area contributed by atoms with Crippen LogP contribution >= 0.6 is 0 Å². The molecule has 0 aliphatic heterocycles. The molecule has 3 heteroatoms. The van der Waals surface area contributed by atoms with E-state index in [1.807, 2.05) is 0 Å². The molecule has 416 valence electrons. The number of anilines is 6. The van der Waals surface area contributed by atoms with Crippen molar-refractivity contribution in [2.75, 3.05) is 9.80 Å². The van der Waals surface area contributed by atoms with Crippen LogP contribution in [-0.2, 0) is 16.2 Å². The Morgan fingerprint density at radius 2 is 0.693 bits per heavy atom. The topological polar surface area (TPSA) is 19.6 Å². The summed E-state index contributed by atoms with van der Waals surface area (Å²) in [6, 6.07) is 109. The molecule has 1 spiro atoms. The minimum absolute atomic E-state index is 0.143. The fourth-order valence-electron chi connectivity index (χ4n) is 16.4. The SMILES string of the molecule is CC1(C)c2ccccc2-c2cc(N(c3ccc4c(c3)C3(c5ccccc5-c5ccccc53)c3cc(N(c5ccc6c(c5)C(C)(C)c5ccccc5-6)c5ccccc5-c5ccccc5)c5oc6ccccc6c5c3-4)c3ccccc3-c3ccccc3)ccc21. The van der Waals surface area contributed by atoms with Crippen molar-refractivity contribution in [3.63, 3.8) is 0 Å². The van der Waals surface area contributed by atoms with Crippen LogP contribution in [0.4, 0.5) is 34.1 Å². The first-order chi connectivity index (χ1) is 43.2. The molecule has 4 aliphatic rings. The number of benzene rings is 13. The second kappa shape index (κ2) is 18.6. The van der Waals surface area contributed by atoms with Gasteiger partial charge in [-0.25, -0.2) is 0 Å². The number of rotatable bonds is 8. The smallest absolute Gasteiger partial charge is 0.160 e. The van der Waals surface area contributed by atoms with Crippen molar-refractivity contribution in [1.29, 1.82) is 0 Å². The van der Waals surface area contributed by atoms with Crippen LogP contribution in [0.1, 0.15) is 72.2 Å². The lowest BCUT2D eigenvalue weighted by Gasteiger charge is -2.34. The van der Waals surface area contributed by atoms with Crippen LogP contribution in [-0.4, -0.2) is 0 Å².